The fraction of sp³-hybridized carbons (Fsp3) is 0.333. The van der Waals surface area contributed by atoms with E-state index in [9.17, 15) is 4.79 Å². The summed E-state index contributed by atoms with van der Waals surface area (Å²) >= 11 is 0. The maximum atomic E-state index is 11.8. The SMILES string of the molecule is CCOC(=O)CC(c1ccc(OC)cc1)n1ccnc1. The molecule has 0 fully saturated rings. The largest absolute Gasteiger partial charge is 0.497 e. The van der Waals surface area contributed by atoms with E-state index in [-0.39, 0.29) is 18.4 Å². The first-order valence-electron chi connectivity index (χ1n) is 6.51. The van der Waals surface area contributed by atoms with Gasteiger partial charge in [0.25, 0.3) is 0 Å². The molecule has 0 aliphatic rings. The van der Waals surface area contributed by atoms with Crippen molar-refractivity contribution in [3.05, 3.63) is 48.5 Å². The molecule has 1 heterocycles. The summed E-state index contributed by atoms with van der Waals surface area (Å²) in [7, 11) is 1.63. The number of rotatable bonds is 6. The smallest absolute Gasteiger partial charge is 0.308 e. The number of hydrogen-bond donors (Lipinski definition) is 0. The highest BCUT2D eigenvalue weighted by Gasteiger charge is 2.18. The van der Waals surface area contributed by atoms with Crippen molar-refractivity contribution in [3.63, 3.8) is 0 Å². The molecule has 1 aromatic carbocycles. The van der Waals surface area contributed by atoms with Gasteiger partial charge in [-0.15, -0.1) is 0 Å². The van der Waals surface area contributed by atoms with Crippen molar-refractivity contribution >= 4 is 5.97 Å². The molecule has 0 N–H and O–H groups in total. The highest BCUT2D eigenvalue weighted by atomic mass is 16.5. The summed E-state index contributed by atoms with van der Waals surface area (Å²) < 4.78 is 12.1. The minimum atomic E-state index is -0.220. The summed E-state index contributed by atoms with van der Waals surface area (Å²) in [5.41, 5.74) is 1.01. The third-order valence-electron chi connectivity index (χ3n) is 3.05. The molecule has 0 amide bonds. The number of hydrogen-bond acceptors (Lipinski definition) is 4. The number of nitrogens with zero attached hydrogens (tertiary/aromatic N) is 2. The lowest BCUT2D eigenvalue weighted by atomic mass is 10.0. The maximum absolute atomic E-state index is 11.8. The second-order valence-electron chi connectivity index (χ2n) is 4.31. The number of carbonyl (C=O) groups is 1. The van der Waals surface area contributed by atoms with Crippen LogP contribution in [-0.2, 0) is 9.53 Å². The monoisotopic (exact) mass is 274 g/mol. The van der Waals surface area contributed by atoms with E-state index in [1.54, 1.807) is 26.6 Å². The van der Waals surface area contributed by atoms with E-state index >= 15 is 0 Å². The Morgan fingerprint density at radius 2 is 2.10 bits per heavy atom. The van der Waals surface area contributed by atoms with Crippen LogP contribution >= 0.6 is 0 Å². The molecule has 1 unspecified atom stereocenters. The van der Waals surface area contributed by atoms with Crippen molar-refractivity contribution in [1.82, 2.24) is 9.55 Å². The van der Waals surface area contributed by atoms with Gasteiger partial charge in [0, 0.05) is 12.4 Å². The van der Waals surface area contributed by atoms with Gasteiger partial charge in [-0.3, -0.25) is 4.79 Å². The topological polar surface area (TPSA) is 53.4 Å². The molecule has 2 aromatic rings. The van der Waals surface area contributed by atoms with E-state index in [1.807, 2.05) is 35.0 Å². The number of aromatic nitrogens is 2. The number of esters is 1. The van der Waals surface area contributed by atoms with Crippen LogP contribution in [0.1, 0.15) is 24.9 Å². The molecule has 5 heteroatoms. The molecule has 0 saturated heterocycles. The lowest BCUT2D eigenvalue weighted by Crippen LogP contribution is -2.16. The molecule has 0 radical (unpaired) electrons. The van der Waals surface area contributed by atoms with Gasteiger partial charge in [0.05, 0.1) is 32.5 Å². The number of imidazole rings is 1. The highest BCUT2D eigenvalue weighted by Crippen LogP contribution is 2.24. The summed E-state index contributed by atoms with van der Waals surface area (Å²) in [5.74, 6) is 0.566. The molecule has 0 aliphatic heterocycles. The molecule has 2 rings (SSSR count). The average molecular weight is 274 g/mol. The number of methoxy groups -OCH3 is 1. The maximum Gasteiger partial charge on any atom is 0.308 e. The number of benzene rings is 1. The Labute approximate surface area is 118 Å². The zero-order valence-electron chi connectivity index (χ0n) is 11.7. The molecule has 0 aliphatic carbocycles. The van der Waals surface area contributed by atoms with E-state index < -0.39 is 0 Å². The van der Waals surface area contributed by atoms with Crippen molar-refractivity contribution in [3.8, 4) is 5.75 Å². The lowest BCUT2D eigenvalue weighted by molar-refractivity contribution is -0.143. The van der Waals surface area contributed by atoms with Crippen molar-refractivity contribution in [2.24, 2.45) is 0 Å². The summed E-state index contributed by atoms with van der Waals surface area (Å²) in [4.78, 5) is 15.8. The molecule has 1 atom stereocenters. The Bertz CT molecular complexity index is 535. The fourth-order valence-electron chi connectivity index (χ4n) is 2.05. The van der Waals surface area contributed by atoms with Gasteiger partial charge in [0.1, 0.15) is 5.75 Å². The van der Waals surface area contributed by atoms with Crippen LogP contribution < -0.4 is 4.74 Å². The van der Waals surface area contributed by atoms with Crippen molar-refractivity contribution < 1.29 is 14.3 Å². The first-order chi connectivity index (χ1) is 9.74. The van der Waals surface area contributed by atoms with Crippen LogP contribution in [0.25, 0.3) is 0 Å². The van der Waals surface area contributed by atoms with Gasteiger partial charge in [-0.05, 0) is 24.6 Å². The lowest BCUT2D eigenvalue weighted by Gasteiger charge is -2.18. The summed E-state index contributed by atoms with van der Waals surface area (Å²) in [6.45, 7) is 2.19. The normalized spacial score (nSPS) is 11.9. The van der Waals surface area contributed by atoms with Gasteiger partial charge in [-0.1, -0.05) is 12.1 Å². The van der Waals surface area contributed by atoms with Gasteiger partial charge < -0.3 is 14.0 Å². The third-order valence-corrected chi connectivity index (χ3v) is 3.05. The molecule has 20 heavy (non-hydrogen) atoms. The molecule has 5 nitrogen and oxygen atoms in total. The first-order valence-corrected chi connectivity index (χ1v) is 6.51. The van der Waals surface area contributed by atoms with Crippen LogP contribution in [0.5, 0.6) is 5.75 Å². The van der Waals surface area contributed by atoms with Crippen molar-refractivity contribution in [1.29, 1.82) is 0 Å². The summed E-state index contributed by atoms with van der Waals surface area (Å²) in [6, 6.07) is 7.53. The minimum absolute atomic E-state index is 0.123. The molecule has 0 bridgehead atoms. The second kappa shape index (κ2) is 6.75. The second-order valence-corrected chi connectivity index (χ2v) is 4.31. The van der Waals surface area contributed by atoms with Crippen LogP contribution in [0, 0.1) is 0 Å². The molecule has 0 saturated carbocycles. The van der Waals surface area contributed by atoms with Gasteiger partial charge in [-0.2, -0.15) is 0 Å². The summed E-state index contributed by atoms with van der Waals surface area (Å²) in [5, 5.41) is 0. The number of carbonyl (C=O) groups excluding carboxylic acids is 1. The van der Waals surface area contributed by atoms with Crippen LogP contribution in [0.4, 0.5) is 0 Å². The van der Waals surface area contributed by atoms with Crippen LogP contribution in [-0.4, -0.2) is 29.2 Å². The van der Waals surface area contributed by atoms with Gasteiger partial charge in [0.2, 0.25) is 0 Å². The number of ether oxygens (including phenoxy) is 2. The highest BCUT2D eigenvalue weighted by molar-refractivity contribution is 5.70. The van der Waals surface area contributed by atoms with Gasteiger partial charge in [-0.25, -0.2) is 4.98 Å². The van der Waals surface area contributed by atoms with Crippen LogP contribution in [0.15, 0.2) is 43.0 Å². The Hall–Kier alpha value is -2.30. The van der Waals surface area contributed by atoms with E-state index in [0.29, 0.717) is 6.61 Å². The Morgan fingerprint density at radius 3 is 2.65 bits per heavy atom. The predicted molar refractivity (Wildman–Crippen MR) is 74.6 cm³/mol. The Balaban J connectivity index is 2.23. The van der Waals surface area contributed by atoms with E-state index in [2.05, 4.69) is 4.98 Å². The van der Waals surface area contributed by atoms with Crippen LogP contribution in [0.3, 0.4) is 0 Å². The van der Waals surface area contributed by atoms with Crippen molar-refractivity contribution in [2.75, 3.05) is 13.7 Å². The van der Waals surface area contributed by atoms with E-state index in [1.165, 1.54) is 0 Å². The molecular formula is C15H18N2O3. The van der Waals surface area contributed by atoms with E-state index in [4.69, 9.17) is 9.47 Å². The average Bonchev–Trinajstić information content (AvgIpc) is 2.99. The van der Waals surface area contributed by atoms with Crippen molar-refractivity contribution in [2.45, 2.75) is 19.4 Å². The minimum Gasteiger partial charge on any atom is -0.497 e. The first kappa shape index (κ1) is 14.1. The molecule has 1 aromatic heterocycles. The molecular weight excluding hydrogens is 256 g/mol. The fourth-order valence-corrected chi connectivity index (χ4v) is 2.05. The predicted octanol–water partition coefficient (Wildman–Crippen LogP) is 2.43. The Kier molecular flexibility index (Phi) is 4.76. The summed E-state index contributed by atoms with van der Waals surface area (Å²) in [6.07, 6.45) is 5.51. The zero-order chi connectivity index (χ0) is 14.4. The zero-order valence-corrected chi connectivity index (χ0v) is 11.7. The standard InChI is InChI=1S/C15H18N2O3/c1-3-20-15(18)10-14(17-9-8-16-11-17)12-4-6-13(19-2)7-5-12/h4-9,11,14H,3,10H2,1-2H3. The third kappa shape index (κ3) is 3.38. The molecule has 0 spiro atoms. The van der Waals surface area contributed by atoms with E-state index in [0.717, 1.165) is 11.3 Å². The Morgan fingerprint density at radius 1 is 1.35 bits per heavy atom. The van der Waals surface area contributed by atoms with Gasteiger partial charge in [0.15, 0.2) is 0 Å². The van der Waals surface area contributed by atoms with Gasteiger partial charge >= 0.3 is 5.97 Å². The molecule has 106 valence electrons. The quantitative estimate of drug-likeness (QED) is 0.759. The van der Waals surface area contributed by atoms with Crippen LogP contribution in [0.2, 0.25) is 0 Å².